The third-order valence-corrected chi connectivity index (χ3v) is 2.82. The Morgan fingerprint density at radius 1 is 1.29 bits per heavy atom. The molecule has 1 saturated heterocycles. The molecule has 1 fully saturated rings. The Morgan fingerprint density at radius 2 is 1.88 bits per heavy atom. The molecule has 0 bridgehead atoms. The molecule has 17 heavy (non-hydrogen) atoms. The molecular formula is C12H15FN2O2. The number of nitrogens with zero attached hydrogens (tertiary/aromatic N) is 1. The van der Waals surface area contributed by atoms with E-state index in [-0.39, 0.29) is 11.7 Å². The second-order valence-electron chi connectivity index (χ2n) is 3.97. The second-order valence-corrected chi connectivity index (χ2v) is 3.97. The summed E-state index contributed by atoms with van der Waals surface area (Å²) in [4.78, 5) is 13.7. The van der Waals surface area contributed by atoms with Crippen molar-refractivity contribution in [1.82, 2.24) is 4.90 Å². The van der Waals surface area contributed by atoms with Gasteiger partial charge in [0.15, 0.2) is 0 Å². The van der Waals surface area contributed by atoms with Crippen LogP contribution in [-0.2, 0) is 9.53 Å². The van der Waals surface area contributed by atoms with Gasteiger partial charge in [0, 0.05) is 13.1 Å². The summed E-state index contributed by atoms with van der Waals surface area (Å²) >= 11 is 0. The van der Waals surface area contributed by atoms with E-state index in [1.54, 1.807) is 17.0 Å². The molecule has 0 saturated carbocycles. The minimum Gasteiger partial charge on any atom is -0.378 e. The molecule has 1 aliphatic heterocycles. The van der Waals surface area contributed by atoms with Gasteiger partial charge in [-0.2, -0.15) is 0 Å². The Balaban J connectivity index is 2.05. The zero-order valence-corrected chi connectivity index (χ0v) is 9.43. The summed E-state index contributed by atoms with van der Waals surface area (Å²) < 4.78 is 17.9. The van der Waals surface area contributed by atoms with Gasteiger partial charge < -0.3 is 15.4 Å². The van der Waals surface area contributed by atoms with Crippen molar-refractivity contribution >= 4 is 5.91 Å². The number of rotatable bonds is 2. The van der Waals surface area contributed by atoms with E-state index < -0.39 is 6.04 Å². The molecule has 0 aromatic heterocycles. The minimum absolute atomic E-state index is 0.139. The standard InChI is InChI=1S/C12H15FN2O2/c13-10-3-1-9(2-4-10)11(14)12(16)15-5-7-17-8-6-15/h1-4,11H,5-8,14H2. The third kappa shape index (κ3) is 2.81. The molecule has 0 aliphatic carbocycles. The maximum absolute atomic E-state index is 12.8. The van der Waals surface area contributed by atoms with Crippen molar-refractivity contribution in [3.05, 3.63) is 35.6 Å². The summed E-state index contributed by atoms with van der Waals surface area (Å²) in [7, 11) is 0. The first kappa shape index (κ1) is 12.0. The van der Waals surface area contributed by atoms with Gasteiger partial charge in [0.25, 0.3) is 0 Å². The number of benzene rings is 1. The summed E-state index contributed by atoms with van der Waals surface area (Å²) in [5.74, 6) is -0.473. The third-order valence-electron chi connectivity index (χ3n) is 2.82. The van der Waals surface area contributed by atoms with Gasteiger partial charge in [-0.3, -0.25) is 4.79 Å². The first-order valence-corrected chi connectivity index (χ1v) is 5.56. The lowest BCUT2D eigenvalue weighted by atomic mass is 10.1. The number of morpholine rings is 1. The molecule has 1 aromatic carbocycles. The fraction of sp³-hybridized carbons (Fsp3) is 0.417. The monoisotopic (exact) mass is 238 g/mol. The van der Waals surface area contributed by atoms with Crippen molar-refractivity contribution in [2.24, 2.45) is 5.73 Å². The molecule has 2 rings (SSSR count). The van der Waals surface area contributed by atoms with Crippen molar-refractivity contribution in [2.45, 2.75) is 6.04 Å². The molecule has 2 N–H and O–H groups in total. The highest BCUT2D eigenvalue weighted by molar-refractivity contribution is 5.83. The lowest BCUT2D eigenvalue weighted by molar-refractivity contribution is -0.136. The van der Waals surface area contributed by atoms with Gasteiger partial charge in [-0.05, 0) is 17.7 Å². The van der Waals surface area contributed by atoms with Gasteiger partial charge in [0.1, 0.15) is 11.9 Å². The predicted molar refractivity (Wildman–Crippen MR) is 60.7 cm³/mol. The van der Waals surface area contributed by atoms with Crippen LogP contribution in [0.2, 0.25) is 0 Å². The normalized spacial score (nSPS) is 17.9. The van der Waals surface area contributed by atoms with Crippen LogP contribution in [0.1, 0.15) is 11.6 Å². The molecule has 0 radical (unpaired) electrons. The molecule has 0 spiro atoms. The highest BCUT2D eigenvalue weighted by atomic mass is 19.1. The number of hydrogen-bond donors (Lipinski definition) is 1. The van der Waals surface area contributed by atoms with Gasteiger partial charge in [-0.25, -0.2) is 4.39 Å². The molecule has 1 atom stereocenters. The number of hydrogen-bond acceptors (Lipinski definition) is 3. The topological polar surface area (TPSA) is 55.6 Å². The molecule has 92 valence electrons. The number of carbonyl (C=O) groups is 1. The fourth-order valence-corrected chi connectivity index (χ4v) is 1.79. The Hall–Kier alpha value is -1.46. The predicted octanol–water partition coefficient (Wildman–Crippen LogP) is 0.684. The van der Waals surface area contributed by atoms with Crippen LogP contribution in [0.3, 0.4) is 0 Å². The first-order valence-electron chi connectivity index (χ1n) is 5.56. The largest absolute Gasteiger partial charge is 0.378 e. The van der Waals surface area contributed by atoms with Gasteiger partial charge in [0.2, 0.25) is 5.91 Å². The number of amides is 1. The van der Waals surface area contributed by atoms with E-state index in [1.165, 1.54) is 12.1 Å². The number of carbonyl (C=O) groups excluding carboxylic acids is 1. The minimum atomic E-state index is -0.728. The molecular weight excluding hydrogens is 223 g/mol. The fourth-order valence-electron chi connectivity index (χ4n) is 1.79. The van der Waals surface area contributed by atoms with Crippen molar-refractivity contribution in [3.63, 3.8) is 0 Å². The zero-order valence-electron chi connectivity index (χ0n) is 9.43. The highest BCUT2D eigenvalue weighted by Crippen LogP contribution is 2.14. The Morgan fingerprint density at radius 3 is 2.47 bits per heavy atom. The van der Waals surface area contributed by atoms with Crippen molar-refractivity contribution < 1.29 is 13.9 Å². The zero-order chi connectivity index (χ0) is 12.3. The maximum Gasteiger partial charge on any atom is 0.244 e. The second kappa shape index (κ2) is 5.25. The van der Waals surface area contributed by atoms with Crippen molar-refractivity contribution in [3.8, 4) is 0 Å². The Bertz CT molecular complexity index is 388. The van der Waals surface area contributed by atoms with Crippen LogP contribution in [0, 0.1) is 5.82 Å². The lowest BCUT2D eigenvalue weighted by Gasteiger charge is -2.29. The summed E-state index contributed by atoms with van der Waals surface area (Å²) in [6.07, 6.45) is 0. The smallest absolute Gasteiger partial charge is 0.244 e. The molecule has 4 nitrogen and oxygen atoms in total. The van der Waals surface area contributed by atoms with Crippen LogP contribution in [-0.4, -0.2) is 37.1 Å². The van der Waals surface area contributed by atoms with E-state index in [0.717, 1.165) is 0 Å². The average molecular weight is 238 g/mol. The van der Waals surface area contributed by atoms with Crippen molar-refractivity contribution in [1.29, 1.82) is 0 Å². The average Bonchev–Trinajstić information content (AvgIpc) is 2.39. The van der Waals surface area contributed by atoms with Gasteiger partial charge in [-0.1, -0.05) is 12.1 Å². The Kier molecular flexibility index (Phi) is 3.71. The van der Waals surface area contributed by atoms with E-state index in [9.17, 15) is 9.18 Å². The van der Waals surface area contributed by atoms with E-state index in [1.807, 2.05) is 0 Å². The van der Waals surface area contributed by atoms with Gasteiger partial charge >= 0.3 is 0 Å². The summed E-state index contributed by atoms with van der Waals surface area (Å²) in [6.45, 7) is 2.21. The number of ether oxygens (including phenoxy) is 1. The number of nitrogens with two attached hydrogens (primary N) is 1. The molecule has 1 aliphatic rings. The van der Waals surface area contributed by atoms with E-state index in [2.05, 4.69) is 0 Å². The van der Waals surface area contributed by atoms with Crippen molar-refractivity contribution in [2.75, 3.05) is 26.3 Å². The van der Waals surface area contributed by atoms with E-state index in [4.69, 9.17) is 10.5 Å². The van der Waals surface area contributed by atoms with Crippen LogP contribution >= 0.6 is 0 Å². The van der Waals surface area contributed by atoms with Crippen LogP contribution in [0.4, 0.5) is 4.39 Å². The van der Waals surface area contributed by atoms with Gasteiger partial charge in [0.05, 0.1) is 13.2 Å². The molecule has 1 amide bonds. The number of halogens is 1. The van der Waals surface area contributed by atoms with Crippen LogP contribution in [0.25, 0.3) is 0 Å². The summed E-state index contributed by atoms with van der Waals surface area (Å²) in [5.41, 5.74) is 6.49. The first-order chi connectivity index (χ1) is 8.18. The van der Waals surface area contributed by atoms with Crippen LogP contribution in [0.15, 0.2) is 24.3 Å². The molecule has 5 heteroatoms. The molecule has 1 aromatic rings. The lowest BCUT2D eigenvalue weighted by Crippen LogP contribution is -2.45. The van der Waals surface area contributed by atoms with Crippen LogP contribution in [0.5, 0.6) is 0 Å². The van der Waals surface area contributed by atoms with E-state index >= 15 is 0 Å². The molecule has 1 unspecified atom stereocenters. The SMILES string of the molecule is NC(C(=O)N1CCOCC1)c1ccc(F)cc1. The van der Waals surface area contributed by atoms with Crippen LogP contribution < -0.4 is 5.73 Å². The van der Waals surface area contributed by atoms with E-state index in [0.29, 0.717) is 31.9 Å². The Labute approximate surface area is 99.2 Å². The highest BCUT2D eigenvalue weighted by Gasteiger charge is 2.23. The summed E-state index contributed by atoms with van der Waals surface area (Å²) in [5, 5.41) is 0. The summed E-state index contributed by atoms with van der Waals surface area (Å²) in [6, 6.07) is 4.97. The molecule has 1 heterocycles. The maximum atomic E-state index is 12.8. The van der Waals surface area contributed by atoms with Gasteiger partial charge in [-0.15, -0.1) is 0 Å². The quantitative estimate of drug-likeness (QED) is 0.824.